The Kier molecular flexibility index (Phi) is 5.71. The third kappa shape index (κ3) is 3.36. The minimum atomic E-state index is 0.375. The van der Waals surface area contributed by atoms with Crippen LogP contribution in [0.25, 0.3) is 0 Å². The maximum atomic E-state index is 5.89. The SMILES string of the molecule is CNC(C1=CCCCC1)C(OC)C1CCCCC1. The molecule has 1 saturated carbocycles. The first kappa shape index (κ1) is 14.1. The van der Waals surface area contributed by atoms with Crippen LogP contribution in [0.2, 0.25) is 0 Å². The monoisotopic (exact) mass is 251 g/mol. The van der Waals surface area contributed by atoms with Crippen LogP contribution in [0.1, 0.15) is 57.8 Å². The lowest BCUT2D eigenvalue weighted by atomic mass is 9.79. The molecule has 0 heterocycles. The molecule has 2 atom stereocenters. The molecule has 0 radical (unpaired) electrons. The van der Waals surface area contributed by atoms with Crippen LogP contribution in [-0.2, 0) is 4.74 Å². The highest BCUT2D eigenvalue weighted by atomic mass is 16.5. The molecule has 2 nitrogen and oxygen atoms in total. The topological polar surface area (TPSA) is 21.3 Å². The highest BCUT2D eigenvalue weighted by Crippen LogP contribution is 2.32. The normalized spacial score (nSPS) is 25.6. The molecule has 2 unspecified atom stereocenters. The van der Waals surface area contributed by atoms with Crippen LogP contribution < -0.4 is 5.32 Å². The van der Waals surface area contributed by atoms with Crippen molar-refractivity contribution in [3.8, 4) is 0 Å². The first-order valence-electron chi connectivity index (χ1n) is 7.75. The largest absolute Gasteiger partial charge is 0.379 e. The van der Waals surface area contributed by atoms with Gasteiger partial charge in [-0.1, -0.05) is 30.9 Å². The molecule has 0 amide bonds. The summed E-state index contributed by atoms with van der Waals surface area (Å²) in [6.07, 6.45) is 15.0. The standard InChI is InChI=1S/C16H29NO/c1-17-15(13-9-5-3-6-10-13)16(18-2)14-11-7-4-8-12-14/h9,14-17H,3-8,10-12H2,1-2H3. The average molecular weight is 251 g/mol. The predicted octanol–water partition coefficient (Wildman–Crippen LogP) is 3.67. The van der Waals surface area contributed by atoms with Crippen LogP contribution in [0.15, 0.2) is 11.6 Å². The van der Waals surface area contributed by atoms with Gasteiger partial charge in [0.1, 0.15) is 0 Å². The molecule has 18 heavy (non-hydrogen) atoms. The Morgan fingerprint density at radius 2 is 1.94 bits per heavy atom. The van der Waals surface area contributed by atoms with Crippen LogP contribution in [0, 0.1) is 5.92 Å². The van der Waals surface area contributed by atoms with Gasteiger partial charge in [0.05, 0.1) is 12.1 Å². The van der Waals surface area contributed by atoms with Gasteiger partial charge in [-0.2, -0.15) is 0 Å². The summed E-state index contributed by atoms with van der Waals surface area (Å²) in [5.74, 6) is 0.754. The van der Waals surface area contributed by atoms with Gasteiger partial charge >= 0.3 is 0 Å². The molecule has 2 heteroatoms. The molecule has 2 aliphatic rings. The van der Waals surface area contributed by atoms with E-state index in [4.69, 9.17) is 4.74 Å². The van der Waals surface area contributed by atoms with Crippen LogP contribution in [-0.4, -0.2) is 26.3 Å². The molecular weight excluding hydrogens is 222 g/mol. The second kappa shape index (κ2) is 7.30. The van der Waals surface area contributed by atoms with Crippen molar-refractivity contribution in [2.75, 3.05) is 14.2 Å². The van der Waals surface area contributed by atoms with Gasteiger partial charge in [-0.25, -0.2) is 0 Å². The van der Waals surface area contributed by atoms with Crippen molar-refractivity contribution in [2.45, 2.75) is 69.9 Å². The van der Waals surface area contributed by atoms with E-state index in [-0.39, 0.29) is 0 Å². The second-order valence-electron chi connectivity index (χ2n) is 5.89. The Morgan fingerprint density at radius 3 is 2.50 bits per heavy atom. The van der Waals surface area contributed by atoms with Gasteiger partial charge in [-0.3, -0.25) is 0 Å². The summed E-state index contributed by atoms with van der Waals surface area (Å²) in [6.45, 7) is 0. The molecule has 0 aromatic rings. The minimum Gasteiger partial charge on any atom is -0.379 e. The summed E-state index contributed by atoms with van der Waals surface area (Å²) in [6, 6.07) is 0.443. The number of hydrogen-bond acceptors (Lipinski definition) is 2. The molecular formula is C16H29NO. The Labute approximate surface area is 112 Å². The van der Waals surface area contributed by atoms with Crippen molar-refractivity contribution in [2.24, 2.45) is 5.92 Å². The fourth-order valence-electron chi connectivity index (χ4n) is 3.77. The van der Waals surface area contributed by atoms with Gasteiger partial charge in [0.2, 0.25) is 0 Å². The van der Waals surface area contributed by atoms with Crippen molar-refractivity contribution >= 4 is 0 Å². The van der Waals surface area contributed by atoms with Crippen molar-refractivity contribution < 1.29 is 4.74 Å². The third-order valence-corrected chi connectivity index (χ3v) is 4.75. The summed E-state index contributed by atoms with van der Waals surface area (Å²) in [5.41, 5.74) is 1.60. The minimum absolute atomic E-state index is 0.375. The zero-order chi connectivity index (χ0) is 12.8. The van der Waals surface area contributed by atoms with Crippen molar-refractivity contribution in [3.63, 3.8) is 0 Å². The number of allylic oxidation sites excluding steroid dienone is 1. The number of methoxy groups -OCH3 is 1. The molecule has 1 fully saturated rings. The predicted molar refractivity (Wildman–Crippen MR) is 76.8 cm³/mol. The highest BCUT2D eigenvalue weighted by molar-refractivity contribution is 5.16. The molecule has 0 aromatic heterocycles. The van der Waals surface area contributed by atoms with Gasteiger partial charge in [0.25, 0.3) is 0 Å². The Morgan fingerprint density at radius 1 is 1.17 bits per heavy atom. The average Bonchev–Trinajstić information content (AvgIpc) is 2.46. The highest BCUT2D eigenvalue weighted by Gasteiger charge is 2.31. The van der Waals surface area contributed by atoms with Gasteiger partial charge in [0.15, 0.2) is 0 Å². The lowest BCUT2D eigenvalue weighted by Gasteiger charge is -2.36. The Balaban J connectivity index is 2.04. The lowest BCUT2D eigenvalue weighted by Crippen LogP contribution is -2.45. The van der Waals surface area contributed by atoms with Crippen molar-refractivity contribution in [1.82, 2.24) is 5.32 Å². The fraction of sp³-hybridized carbons (Fsp3) is 0.875. The zero-order valence-electron chi connectivity index (χ0n) is 12.1. The molecule has 0 bridgehead atoms. The number of ether oxygens (including phenoxy) is 1. The van der Waals surface area contributed by atoms with E-state index in [1.807, 2.05) is 7.11 Å². The Hall–Kier alpha value is -0.340. The summed E-state index contributed by atoms with van der Waals surface area (Å²) in [4.78, 5) is 0. The number of nitrogens with one attached hydrogen (secondary N) is 1. The van der Waals surface area contributed by atoms with E-state index in [0.717, 1.165) is 5.92 Å². The smallest absolute Gasteiger partial charge is 0.0790 e. The first-order valence-corrected chi connectivity index (χ1v) is 7.75. The number of rotatable bonds is 5. The molecule has 0 saturated heterocycles. The van der Waals surface area contributed by atoms with E-state index in [1.54, 1.807) is 5.57 Å². The summed E-state index contributed by atoms with van der Waals surface area (Å²) < 4.78 is 5.89. The molecule has 0 aliphatic heterocycles. The van der Waals surface area contributed by atoms with E-state index >= 15 is 0 Å². The quantitative estimate of drug-likeness (QED) is 0.753. The molecule has 2 aliphatic carbocycles. The van der Waals surface area contributed by atoms with E-state index in [1.165, 1.54) is 57.8 Å². The zero-order valence-corrected chi connectivity index (χ0v) is 12.1. The van der Waals surface area contributed by atoms with Crippen molar-refractivity contribution in [1.29, 1.82) is 0 Å². The van der Waals surface area contributed by atoms with Crippen LogP contribution in [0.3, 0.4) is 0 Å². The third-order valence-electron chi connectivity index (χ3n) is 4.75. The second-order valence-corrected chi connectivity index (χ2v) is 5.89. The van der Waals surface area contributed by atoms with Crippen molar-refractivity contribution in [3.05, 3.63) is 11.6 Å². The first-order chi connectivity index (χ1) is 8.86. The van der Waals surface area contributed by atoms with Gasteiger partial charge in [-0.05, 0) is 51.5 Å². The van der Waals surface area contributed by atoms with Crippen LogP contribution in [0.4, 0.5) is 0 Å². The lowest BCUT2D eigenvalue weighted by molar-refractivity contribution is 0.0177. The van der Waals surface area contributed by atoms with E-state index in [9.17, 15) is 0 Å². The molecule has 1 N–H and O–H groups in total. The van der Waals surface area contributed by atoms with E-state index in [0.29, 0.717) is 12.1 Å². The molecule has 0 spiro atoms. The Bertz CT molecular complexity index is 268. The number of hydrogen-bond donors (Lipinski definition) is 1. The molecule has 0 aromatic carbocycles. The maximum absolute atomic E-state index is 5.89. The van der Waals surface area contributed by atoms with Gasteiger partial charge < -0.3 is 10.1 Å². The van der Waals surface area contributed by atoms with Gasteiger partial charge in [0, 0.05) is 7.11 Å². The summed E-state index contributed by atoms with van der Waals surface area (Å²) in [7, 11) is 3.99. The van der Waals surface area contributed by atoms with E-state index in [2.05, 4.69) is 18.4 Å². The van der Waals surface area contributed by atoms with Crippen LogP contribution >= 0.6 is 0 Å². The molecule has 104 valence electrons. The van der Waals surface area contributed by atoms with Crippen LogP contribution in [0.5, 0.6) is 0 Å². The summed E-state index contributed by atoms with van der Waals surface area (Å²) >= 11 is 0. The maximum Gasteiger partial charge on any atom is 0.0790 e. The summed E-state index contributed by atoms with van der Waals surface area (Å²) in [5, 5.41) is 3.53. The van der Waals surface area contributed by atoms with Gasteiger partial charge in [-0.15, -0.1) is 0 Å². The van der Waals surface area contributed by atoms with E-state index < -0.39 is 0 Å². The fourth-order valence-corrected chi connectivity index (χ4v) is 3.77. The molecule has 2 rings (SSSR count). The number of likely N-dealkylation sites (N-methyl/N-ethyl adjacent to an activating group) is 1.